The lowest BCUT2D eigenvalue weighted by atomic mass is 10.1. The molecule has 0 saturated heterocycles. The third-order valence-electron chi connectivity index (χ3n) is 2.71. The molecule has 0 heterocycles. The van der Waals surface area contributed by atoms with Gasteiger partial charge in [0.1, 0.15) is 0 Å². The third kappa shape index (κ3) is 3.11. The highest BCUT2D eigenvalue weighted by molar-refractivity contribution is 5.98. The van der Waals surface area contributed by atoms with Gasteiger partial charge in [0.15, 0.2) is 0 Å². The second-order valence-electron chi connectivity index (χ2n) is 4.08. The first-order valence-corrected chi connectivity index (χ1v) is 5.82. The van der Waals surface area contributed by atoms with E-state index in [9.17, 15) is 4.79 Å². The molecule has 0 aliphatic carbocycles. The van der Waals surface area contributed by atoms with E-state index >= 15 is 0 Å². The molecule has 4 nitrogen and oxygen atoms in total. The van der Waals surface area contributed by atoms with E-state index in [1.165, 1.54) is 0 Å². The Bertz CT molecular complexity index is 644. The highest BCUT2D eigenvalue weighted by Gasteiger charge is 2.08. The van der Waals surface area contributed by atoms with E-state index < -0.39 is 0 Å². The van der Waals surface area contributed by atoms with Crippen LogP contribution in [0.2, 0.25) is 0 Å². The number of nitrogens with two attached hydrogens (primary N) is 1. The summed E-state index contributed by atoms with van der Waals surface area (Å²) in [6, 6.07) is 16.1. The zero-order valence-electron chi connectivity index (χ0n) is 10.3. The molecule has 0 fully saturated rings. The van der Waals surface area contributed by atoms with Gasteiger partial charge in [0, 0.05) is 12.2 Å². The van der Waals surface area contributed by atoms with Crippen LogP contribution in [0.3, 0.4) is 0 Å². The molecule has 2 aromatic rings. The summed E-state index contributed by atoms with van der Waals surface area (Å²) in [6.45, 7) is 0.364. The van der Waals surface area contributed by atoms with Gasteiger partial charge in [0.05, 0.1) is 17.2 Å². The number of rotatable bonds is 3. The van der Waals surface area contributed by atoms with Gasteiger partial charge >= 0.3 is 0 Å². The molecule has 3 N–H and O–H groups in total. The standard InChI is InChI=1S/C15H13N3O/c16-9-11-4-3-5-12(8-11)10-18-15(19)13-6-1-2-7-14(13)17/h1-8H,10,17H2,(H,18,19). The molecule has 0 radical (unpaired) electrons. The van der Waals surface area contributed by atoms with Crippen LogP contribution in [-0.2, 0) is 6.54 Å². The minimum absolute atomic E-state index is 0.222. The maximum atomic E-state index is 11.9. The summed E-state index contributed by atoms with van der Waals surface area (Å²) in [5.41, 5.74) is 8.09. The molecule has 0 unspecified atom stereocenters. The number of nitrogen functional groups attached to an aromatic ring is 1. The van der Waals surface area contributed by atoms with Gasteiger partial charge in [-0.3, -0.25) is 4.79 Å². The maximum Gasteiger partial charge on any atom is 0.253 e. The van der Waals surface area contributed by atoms with Crippen LogP contribution in [0, 0.1) is 11.3 Å². The van der Waals surface area contributed by atoms with Crippen LogP contribution in [0.25, 0.3) is 0 Å². The minimum atomic E-state index is -0.222. The van der Waals surface area contributed by atoms with Crippen LogP contribution in [0.1, 0.15) is 21.5 Å². The highest BCUT2D eigenvalue weighted by Crippen LogP contribution is 2.10. The Hall–Kier alpha value is -2.80. The highest BCUT2D eigenvalue weighted by atomic mass is 16.1. The van der Waals surface area contributed by atoms with E-state index in [2.05, 4.69) is 11.4 Å². The molecule has 0 aliphatic rings. The largest absolute Gasteiger partial charge is 0.398 e. The number of hydrogen-bond acceptors (Lipinski definition) is 3. The molecular formula is C15H13N3O. The Labute approximate surface area is 111 Å². The quantitative estimate of drug-likeness (QED) is 0.819. The number of nitriles is 1. The van der Waals surface area contributed by atoms with Gasteiger partial charge in [-0.15, -0.1) is 0 Å². The average Bonchev–Trinajstić information content (AvgIpc) is 2.45. The summed E-state index contributed by atoms with van der Waals surface area (Å²) in [5, 5.41) is 11.6. The monoisotopic (exact) mass is 251 g/mol. The fraction of sp³-hybridized carbons (Fsp3) is 0.0667. The normalized spacial score (nSPS) is 9.63. The molecule has 0 atom stereocenters. The number of benzene rings is 2. The third-order valence-corrected chi connectivity index (χ3v) is 2.71. The van der Waals surface area contributed by atoms with Crippen molar-refractivity contribution in [2.75, 3.05) is 5.73 Å². The summed E-state index contributed by atoms with van der Waals surface area (Å²) in [6.07, 6.45) is 0. The number of anilines is 1. The van der Waals surface area contributed by atoms with Gasteiger partial charge in [0.2, 0.25) is 0 Å². The molecule has 2 aromatic carbocycles. The molecule has 94 valence electrons. The summed E-state index contributed by atoms with van der Waals surface area (Å²) in [4.78, 5) is 11.9. The predicted molar refractivity (Wildman–Crippen MR) is 73.2 cm³/mol. The summed E-state index contributed by atoms with van der Waals surface area (Å²) < 4.78 is 0. The van der Waals surface area contributed by atoms with Gasteiger partial charge in [0.25, 0.3) is 5.91 Å². The number of nitrogens with zero attached hydrogens (tertiary/aromatic N) is 1. The zero-order valence-corrected chi connectivity index (χ0v) is 10.3. The van der Waals surface area contributed by atoms with Crippen LogP contribution in [-0.4, -0.2) is 5.91 Å². The van der Waals surface area contributed by atoms with Crippen molar-refractivity contribution < 1.29 is 4.79 Å². The van der Waals surface area contributed by atoms with Crippen molar-refractivity contribution in [1.82, 2.24) is 5.32 Å². The molecule has 4 heteroatoms. The SMILES string of the molecule is N#Cc1cccc(CNC(=O)c2ccccc2N)c1. The van der Waals surface area contributed by atoms with Crippen molar-refractivity contribution in [2.45, 2.75) is 6.54 Å². The molecular weight excluding hydrogens is 238 g/mol. The van der Waals surface area contributed by atoms with E-state index in [0.717, 1.165) is 5.56 Å². The summed E-state index contributed by atoms with van der Waals surface area (Å²) >= 11 is 0. The lowest BCUT2D eigenvalue weighted by molar-refractivity contribution is 0.0952. The number of carbonyl (C=O) groups excluding carboxylic acids is 1. The number of para-hydroxylation sites is 1. The van der Waals surface area contributed by atoms with Crippen LogP contribution in [0.15, 0.2) is 48.5 Å². The Morgan fingerprint density at radius 2 is 2.00 bits per heavy atom. The molecule has 19 heavy (non-hydrogen) atoms. The average molecular weight is 251 g/mol. The topological polar surface area (TPSA) is 78.9 Å². The van der Waals surface area contributed by atoms with Crippen molar-refractivity contribution in [2.24, 2.45) is 0 Å². The van der Waals surface area contributed by atoms with Gasteiger partial charge in [-0.1, -0.05) is 24.3 Å². The van der Waals surface area contributed by atoms with Gasteiger partial charge in [-0.05, 0) is 29.8 Å². The fourth-order valence-corrected chi connectivity index (χ4v) is 1.73. The van der Waals surface area contributed by atoms with Crippen molar-refractivity contribution in [3.8, 4) is 6.07 Å². The van der Waals surface area contributed by atoms with E-state index in [-0.39, 0.29) is 5.91 Å². The van der Waals surface area contributed by atoms with Gasteiger partial charge in [-0.25, -0.2) is 0 Å². The van der Waals surface area contributed by atoms with Gasteiger partial charge < -0.3 is 11.1 Å². The van der Waals surface area contributed by atoms with Crippen molar-refractivity contribution >= 4 is 11.6 Å². The second kappa shape index (κ2) is 5.69. The van der Waals surface area contributed by atoms with E-state index in [1.807, 2.05) is 6.07 Å². The van der Waals surface area contributed by atoms with Crippen molar-refractivity contribution in [3.05, 3.63) is 65.2 Å². The first-order valence-electron chi connectivity index (χ1n) is 5.82. The fourth-order valence-electron chi connectivity index (χ4n) is 1.73. The van der Waals surface area contributed by atoms with Gasteiger partial charge in [-0.2, -0.15) is 5.26 Å². The Balaban J connectivity index is 2.05. The van der Waals surface area contributed by atoms with Crippen LogP contribution in [0.5, 0.6) is 0 Å². The Morgan fingerprint density at radius 1 is 1.21 bits per heavy atom. The molecule has 0 aromatic heterocycles. The molecule has 0 saturated carbocycles. The summed E-state index contributed by atoms with van der Waals surface area (Å²) in [5.74, 6) is -0.222. The van der Waals surface area contributed by atoms with E-state index in [1.54, 1.807) is 42.5 Å². The number of hydrogen-bond donors (Lipinski definition) is 2. The lowest BCUT2D eigenvalue weighted by Gasteiger charge is -2.07. The molecule has 0 aliphatic heterocycles. The van der Waals surface area contributed by atoms with E-state index in [4.69, 9.17) is 11.0 Å². The van der Waals surface area contributed by atoms with E-state index in [0.29, 0.717) is 23.4 Å². The smallest absolute Gasteiger partial charge is 0.253 e. The molecule has 1 amide bonds. The van der Waals surface area contributed by atoms with Crippen molar-refractivity contribution in [1.29, 1.82) is 5.26 Å². The lowest BCUT2D eigenvalue weighted by Crippen LogP contribution is -2.23. The molecule has 0 bridgehead atoms. The van der Waals surface area contributed by atoms with Crippen LogP contribution < -0.4 is 11.1 Å². The van der Waals surface area contributed by atoms with Crippen LogP contribution >= 0.6 is 0 Å². The molecule has 0 spiro atoms. The first kappa shape index (κ1) is 12.7. The Morgan fingerprint density at radius 3 is 2.74 bits per heavy atom. The maximum absolute atomic E-state index is 11.9. The summed E-state index contributed by atoms with van der Waals surface area (Å²) in [7, 11) is 0. The predicted octanol–water partition coefficient (Wildman–Crippen LogP) is 2.07. The number of nitrogens with one attached hydrogen (secondary N) is 1. The zero-order chi connectivity index (χ0) is 13.7. The second-order valence-corrected chi connectivity index (χ2v) is 4.08. The molecule has 2 rings (SSSR count). The Kier molecular flexibility index (Phi) is 3.79. The van der Waals surface area contributed by atoms with Crippen molar-refractivity contribution in [3.63, 3.8) is 0 Å². The first-order chi connectivity index (χ1) is 9.20. The number of amides is 1. The minimum Gasteiger partial charge on any atom is -0.398 e. The van der Waals surface area contributed by atoms with Crippen LogP contribution in [0.4, 0.5) is 5.69 Å². The number of carbonyl (C=O) groups is 1.